The summed E-state index contributed by atoms with van der Waals surface area (Å²) in [7, 11) is 0. The van der Waals surface area contributed by atoms with Crippen LogP contribution < -0.4 is 25.4 Å². The number of ether oxygens (including phenoxy) is 2. The monoisotopic (exact) mass is 695 g/mol. The van der Waals surface area contributed by atoms with Gasteiger partial charge >= 0.3 is 0 Å². The molecule has 14 heteroatoms. The van der Waals surface area contributed by atoms with Gasteiger partial charge in [-0.15, -0.1) is 35.0 Å². The number of benzene rings is 4. The Hall–Kier alpha value is -4.62. The summed E-state index contributed by atoms with van der Waals surface area (Å²) in [6.45, 7) is 3.14. The number of aromatic amines is 1. The van der Waals surface area contributed by atoms with E-state index in [1.54, 1.807) is 24.3 Å². The van der Waals surface area contributed by atoms with E-state index in [1.165, 1.54) is 6.07 Å². The van der Waals surface area contributed by atoms with Crippen LogP contribution in [0.25, 0.3) is 33.6 Å². The summed E-state index contributed by atoms with van der Waals surface area (Å²) in [4.78, 5) is 13.6. The second kappa shape index (κ2) is 15.5. The van der Waals surface area contributed by atoms with Gasteiger partial charge in [-0.05, 0) is 96.9 Å². The third-order valence-electron chi connectivity index (χ3n) is 8.10. The minimum absolute atomic E-state index is 0. The van der Waals surface area contributed by atoms with Gasteiger partial charge in [0, 0.05) is 41.0 Å². The molecular formula is C34H33Cl2F2N7O3. The van der Waals surface area contributed by atoms with Crippen molar-refractivity contribution in [3.8, 4) is 45.1 Å². The van der Waals surface area contributed by atoms with Crippen molar-refractivity contribution < 1.29 is 23.0 Å². The van der Waals surface area contributed by atoms with Crippen molar-refractivity contribution in [1.29, 1.82) is 0 Å². The van der Waals surface area contributed by atoms with E-state index in [-0.39, 0.29) is 42.9 Å². The molecule has 0 radical (unpaired) electrons. The van der Waals surface area contributed by atoms with Gasteiger partial charge in [-0.25, -0.2) is 8.78 Å². The fourth-order valence-corrected chi connectivity index (χ4v) is 5.73. The molecule has 250 valence electrons. The Morgan fingerprint density at radius 3 is 2.06 bits per heavy atom. The summed E-state index contributed by atoms with van der Waals surface area (Å²) in [6, 6.07) is 21.9. The molecule has 0 spiro atoms. The van der Waals surface area contributed by atoms with Crippen molar-refractivity contribution in [3.63, 3.8) is 0 Å². The summed E-state index contributed by atoms with van der Waals surface area (Å²) in [5.74, 6) is -0.674. The number of amides is 1. The van der Waals surface area contributed by atoms with Gasteiger partial charge in [0.2, 0.25) is 5.82 Å². The van der Waals surface area contributed by atoms with E-state index in [1.807, 2.05) is 36.4 Å². The predicted octanol–water partition coefficient (Wildman–Crippen LogP) is 6.06. The van der Waals surface area contributed by atoms with E-state index in [0.717, 1.165) is 61.3 Å². The largest absolute Gasteiger partial charge is 0.488 e. The Labute approximate surface area is 287 Å². The molecule has 4 aromatic carbocycles. The predicted molar refractivity (Wildman–Crippen MR) is 183 cm³/mol. The Balaban J connectivity index is 0.00000225. The molecule has 7 rings (SSSR count). The first kappa shape index (κ1) is 34.7. The van der Waals surface area contributed by atoms with Crippen LogP contribution >= 0.6 is 24.8 Å². The number of carbonyl (C=O) groups excluding carboxylic acids is 1. The van der Waals surface area contributed by atoms with Crippen molar-refractivity contribution in [2.45, 2.75) is 25.0 Å². The van der Waals surface area contributed by atoms with Gasteiger partial charge in [-0.3, -0.25) is 4.79 Å². The summed E-state index contributed by atoms with van der Waals surface area (Å²) in [5.41, 5.74) is 4.18. The molecule has 1 aromatic heterocycles. The zero-order valence-electron chi connectivity index (χ0n) is 25.5. The third-order valence-corrected chi connectivity index (χ3v) is 8.10. The van der Waals surface area contributed by atoms with Crippen LogP contribution in [0.4, 0.5) is 14.5 Å². The minimum Gasteiger partial charge on any atom is -0.488 e. The normalized spacial score (nSPS) is 16.9. The highest BCUT2D eigenvalue weighted by Crippen LogP contribution is 2.37. The van der Waals surface area contributed by atoms with Gasteiger partial charge in [0.1, 0.15) is 23.7 Å². The topological polar surface area (TPSA) is 126 Å². The molecule has 2 atom stereocenters. The molecule has 2 saturated heterocycles. The first-order valence-corrected chi connectivity index (χ1v) is 15.1. The number of tetrazole rings is 1. The van der Waals surface area contributed by atoms with Crippen molar-refractivity contribution in [2.24, 2.45) is 0 Å². The molecule has 2 unspecified atom stereocenters. The lowest BCUT2D eigenvalue weighted by molar-refractivity contribution is 0.102. The number of aromatic nitrogens is 4. The Morgan fingerprint density at radius 1 is 0.750 bits per heavy atom. The first-order chi connectivity index (χ1) is 22.5. The van der Waals surface area contributed by atoms with Gasteiger partial charge in [0.15, 0.2) is 11.6 Å². The first-order valence-electron chi connectivity index (χ1n) is 15.1. The molecule has 2 aliphatic rings. The quantitative estimate of drug-likeness (QED) is 0.147. The second-order valence-electron chi connectivity index (χ2n) is 11.3. The molecule has 1 amide bonds. The number of hydrogen-bond acceptors (Lipinski definition) is 8. The number of halogens is 4. The number of nitrogens with zero attached hydrogens (tertiary/aromatic N) is 3. The molecule has 0 saturated carbocycles. The summed E-state index contributed by atoms with van der Waals surface area (Å²) < 4.78 is 40.6. The van der Waals surface area contributed by atoms with Gasteiger partial charge in [-0.1, -0.05) is 24.3 Å². The number of H-pyrrole nitrogens is 1. The molecular weight excluding hydrogens is 663 g/mol. The summed E-state index contributed by atoms with van der Waals surface area (Å²) >= 11 is 0. The molecule has 0 bridgehead atoms. The lowest BCUT2D eigenvalue weighted by Crippen LogP contribution is -2.20. The minimum atomic E-state index is -0.979. The van der Waals surface area contributed by atoms with Gasteiger partial charge < -0.3 is 25.4 Å². The van der Waals surface area contributed by atoms with Crippen LogP contribution in [0.5, 0.6) is 11.5 Å². The molecule has 2 aliphatic heterocycles. The van der Waals surface area contributed by atoms with Crippen LogP contribution in [-0.2, 0) is 0 Å². The van der Waals surface area contributed by atoms with Crippen molar-refractivity contribution in [1.82, 2.24) is 31.3 Å². The summed E-state index contributed by atoms with van der Waals surface area (Å²) in [5, 5.41) is 23.9. The van der Waals surface area contributed by atoms with Gasteiger partial charge in [0.05, 0.1) is 0 Å². The highest BCUT2D eigenvalue weighted by atomic mass is 35.5. The lowest BCUT2D eigenvalue weighted by Gasteiger charge is -2.19. The Kier molecular flexibility index (Phi) is 11.2. The van der Waals surface area contributed by atoms with E-state index in [2.05, 4.69) is 36.6 Å². The maximum atomic E-state index is 14.3. The van der Waals surface area contributed by atoms with E-state index >= 15 is 0 Å². The highest BCUT2D eigenvalue weighted by Gasteiger charge is 2.22. The number of nitrogens with one attached hydrogen (secondary N) is 4. The number of rotatable bonds is 9. The maximum absolute atomic E-state index is 14.3. The molecule has 4 N–H and O–H groups in total. The van der Waals surface area contributed by atoms with Crippen molar-refractivity contribution >= 4 is 36.4 Å². The van der Waals surface area contributed by atoms with Gasteiger partial charge in [0.25, 0.3) is 5.91 Å². The van der Waals surface area contributed by atoms with Crippen LogP contribution in [0.15, 0.2) is 78.9 Å². The number of hydrogen-bond donors (Lipinski definition) is 4. The van der Waals surface area contributed by atoms with Crippen LogP contribution in [0.2, 0.25) is 0 Å². The van der Waals surface area contributed by atoms with E-state index in [0.29, 0.717) is 46.2 Å². The van der Waals surface area contributed by atoms with E-state index in [4.69, 9.17) is 9.47 Å². The van der Waals surface area contributed by atoms with E-state index < -0.39 is 11.6 Å². The van der Waals surface area contributed by atoms with Crippen LogP contribution in [-0.4, -0.2) is 64.9 Å². The lowest BCUT2D eigenvalue weighted by atomic mass is 10.00. The average Bonchev–Trinajstić information content (AvgIpc) is 3.89. The van der Waals surface area contributed by atoms with Crippen molar-refractivity contribution in [3.05, 3.63) is 96.1 Å². The fraction of sp³-hybridized carbons (Fsp3) is 0.235. The SMILES string of the molecule is Cl.Cl.O=C(Nc1ccc(OC2CCNC2)c(-c2cccc(-c3nn[nH]n3)c2)c1)c1ccc(OC2CCNC2)c(-c2ccc(F)c(F)c2)c1. The molecule has 10 nitrogen and oxygen atoms in total. The molecule has 3 heterocycles. The molecule has 2 fully saturated rings. The van der Waals surface area contributed by atoms with E-state index in [9.17, 15) is 13.6 Å². The fourth-order valence-electron chi connectivity index (χ4n) is 5.73. The third kappa shape index (κ3) is 7.74. The zero-order chi connectivity index (χ0) is 31.5. The van der Waals surface area contributed by atoms with Crippen LogP contribution in [0, 0.1) is 11.6 Å². The Bertz CT molecular complexity index is 1870. The summed E-state index contributed by atoms with van der Waals surface area (Å²) in [6.07, 6.45) is 1.66. The molecule has 0 aliphatic carbocycles. The van der Waals surface area contributed by atoms with Crippen LogP contribution in [0.1, 0.15) is 23.2 Å². The second-order valence-corrected chi connectivity index (χ2v) is 11.3. The van der Waals surface area contributed by atoms with Crippen molar-refractivity contribution in [2.75, 3.05) is 31.5 Å². The van der Waals surface area contributed by atoms with Gasteiger partial charge in [-0.2, -0.15) is 5.21 Å². The maximum Gasteiger partial charge on any atom is 0.255 e. The van der Waals surface area contributed by atoms with Crippen LogP contribution in [0.3, 0.4) is 0 Å². The zero-order valence-corrected chi connectivity index (χ0v) is 27.2. The Morgan fingerprint density at radius 2 is 1.42 bits per heavy atom. The smallest absolute Gasteiger partial charge is 0.255 e. The average molecular weight is 697 g/mol. The molecule has 5 aromatic rings. The highest BCUT2D eigenvalue weighted by molar-refractivity contribution is 6.05. The number of carbonyl (C=O) groups is 1. The number of anilines is 1. The molecule has 48 heavy (non-hydrogen) atoms. The standard InChI is InChI=1S/C34H31F2N7O3.2ClH/c35-29-7-4-21(16-30(29)36)27-15-23(5-8-31(27)45-25-10-12-37-18-25)34(44)39-24-6-9-32(46-26-11-13-38-19-26)28(17-24)20-2-1-3-22(14-20)33-40-42-43-41-33;;/h1-9,14-17,25-26,37-38H,10-13,18-19H2,(H,39,44)(H,40,41,42,43);2*1H.